The summed E-state index contributed by atoms with van der Waals surface area (Å²) in [5.41, 5.74) is 0. The zero-order valence-corrected chi connectivity index (χ0v) is 12.6. The van der Waals surface area contributed by atoms with E-state index in [0.717, 1.165) is 23.8 Å². The Bertz CT molecular complexity index is 226. The van der Waals surface area contributed by atoms with Crippen LogP contribution in [0, 0.1) is 17.8 Å². The van der Waals surface area contributed by atoms with Crippen LogP contribution in [-0.4, -0.2) is 13.1 Å². The van der Waals surface area contributed by atoms with Gasteiger partial charge in [0.1, 0.15) is 0 Å². The largest absolute Gasteiger partial charge is 0.317 e. The molecule has 1 N–H and O–H groups in total. The number of fused-ring (bicyclic) bond motifs is 2. The van der Waals surface area contributed by atoms with E-state index in [1.807, 2.05) is 0 Å². The molecule has 1 heteroatoms. The molecular weight excluding hydrogens is 218 g/mol. The molecule has 0 spiro atoms. The first kappa shape index (κ1) is 14.4. The van der Waals surface area contributed by atoms with E-state index in [-0.39, 0.29) is 0 Å². The van der Waals surface area contributed by atoms with Crippen LogP contribution < -0.4 is 5.32 Å². The molecule has 2 bridgehead atoms. The maximum absolute atomic E-state index is 3.58. The smallest absolute Gasteiger partial charge is 0.00668 e. The van der Waals surface area contributed by atoms with Gasteiger partial charge < -0.3 is 5.32 Å². The Morgan fingerprint density at radius 2 is 1.89 bits per heavy atom. The molecular formula is C17H33N. The lowest BCUT2D eigenvalue weighted by Gasteiger charge is -2.26. The SMILES string of the molecule is CCCCCCCC(CC1CC2CCC1C2)NC. The number of hydrogen-bond acceptors (Lipinski definition) is 1. The Hall–Kier alpha value is -0.0400. The number of hydrogen-bond donors (Lipinski definition) is 1. The van der Waals surface area contributed by atoms with Gasteiger partial charge in [-0.2, -0.15) is 0 Å². The first-order chi connectivity index (χ1) is 8.83. The Kier molecular flexibility index (Phi) is 6.01. The molecule has 0 radical (unpaired) electrons. The monoisotopic (exact) mass is 251 g/mol. The zero-order valence-electron chi connectivity index (χ0n) is 12.6. The van der Waals surface area contributed by atoms with Gasteiger partial charge in [0.15, 0.2) is 0 Å². The molecule has 2 saturated carbocycles. The summed E-state index contributed by atoms with van der Waals surface area (Å²) in [6, 6.07) is 0.802. The minimum atomic E-state index is 0.802. The lowest BCUT2D eigenvalue weighted by Crippen LogP contribution is -2.29. The van der Waals surface area contributed by atoms with E-state index in [2.05, 4.69) is 19.3 Å². The van der Waals surface area contributed by atoms with Crippen molar-refractivity contribution >= 4 is 0 Å². The minimum Gasteiger partial charge on any atom is -0.317 e. The molecule has 0 aliphatic heterocycles. The first-order valence-corrected chi connectivity index (χ1v) is 8.50. The molecule has 0 amide bonds. The average molecular weight is 251 g/mol. The summed E-state index contributed by atoms with van der Waals surface area (Å²) in [4.78, 5) is 0. The van der Waals surface area contributed by atoms with Gasteiger partial charge in [0.25, 0.3) is 0 Å². The highest BCUT2D eigenvalue weighted by Crippen LogP contribution is 2.50. The molecule has 2 aliphatic rings. The van der Waals surface area contributed by atoms with Crippen LogP contribution in [0.5, 0.6) is 0 Å². The van der Waals surface area contributed by atoms with Gasteiger partial charge in [-0.05, 0) is 56.9 Å². The summed E-state index contributed by atoms with van der Waals surface area (Å²) in [6.45, 7) is 2.30. The fourth-order valence-corrected chi connectivity index (χ4v) is 4.40. The van der Waals surface area contributed by atoms with Crippen molar-refractivity contribution in [1.82, 2.24) is 5.32 Å². The molecule has 2 fully saturated rings. The van der Waals surface area contributed by atoms with Gasteiger partial charge in [-0.25, -0.2) is 0 Å². The predicted molar refractivity (Wildman–Crippen MR) is 79.8 cm³/mol. The zero-order chi connectivity index (χ0) is 12.8. The summed E-state index contributed by atoms with van der Waals surface area (Å²) in [7, 11) is 2.17. The maximum atomic E-state index is 3.58. The highest BCUT2D eigenvalue weighted by Gasteiger charge is 2.39. The molecule has 0 saturated heterocycles. The van der Waals surface area contributed by atoms with E-state index >= 15 is 0 Å². The van der Waals surface area contributed by atoms with E-state index in [1.54, 1.807) is 25.7 Å². The van der Waals surface area contributed by atoms with E-state index in [9.17, 15) is 0 Å². The molecule has 4 atom stereocenters. The molecule has 2 rings (SSSR count). The van der Waals surface area contributed by atoms with E-state index in [0.29, 0.717) is 0 Å². The Labute approximate surface area is 114 Å². The van der Waals surface area contributed by atoms with Crippen LogP contribution in [0.2, 0.25) is 0 Å². The van der Waals surface area contributed by atoms with E-state index in [1.165, 1.54) is 44.9 Å². The first-order valence-electron chi connectivity index (χ1n) is 8.50. The van der Waals surface area contributed by atoms with Crippen LogP contribution >= 0.6 is 0 Å². The molecule has 0 aromatic rings. The average Bonchev–Trinajstić information content (AvgIpc) is 2.99. The summed E-state index contributed by atoms with van der Waals surface area (Å²) in [5, 5.41) is 3.58. The second-order valence-corrected chi connectivity index (χ2v) is 6.86. The normalized spacial score (nSPS) is 32.0. The van der Waals surface area contributed by atoms with Crippen molar-refractivity contribution in [3.8, 4) is 0 Å². The standard InChI is InChI=1S/C17H33N/c1-3-4-5-6-7-8-17(18-2)13-16-12-14-9-10-15(16)11-14/h14-18H,3-13H2,1-2H3. The van der Waals surface area contributed by atoms with Gasteiger partial charge in [0, 0.05) is 6.04 Å². The van der Waals surface area contributed by atoms with Crippen molar-refractivity contribution in [1.29, 1.82) is 0 Å². The fraction of sp³-hybridized carbons (Fsp3) is 1.00. The van der Waals surface area contributed by atoms with E-state index < -0.39 is 0 Å². The third-order valence-electron chi connectivity index (χ3n) is 5.54. The van der Waals surface area contributed by atoms with Crippen LogP contribution in [0.3, 0.4) is 0 Å². The second-order valence-electron chi connectivity index (χ2n) is 6.86. The van der Waals surface area contributed by atoms with Crippen molar-refractivity contribution < 1.29 is 0 Å². The Balaban J connectivity index is 1.60. The molecule has 0 heterocycles. The van der Waals surface area contributed by atoms with Gasteiger partial charge in [0.05, 0.1) is 0 Å². The van der Waals surface area contributed by atoms with Crippen molar-refractivity contribution in [2.45, 2.75) is 83.6 Å². The van der Waals surface area contributed by atoms with Crippen LogP contribution in [-0.2, 0) is 0 Å². The van der Waals surface area contributed by atoms with Crippen molar-refractivity contribution in [3.05, 3.63) is 0 Å². The predicted octanol–water partition coefficient (Wildman–Crippen LogP) is 4.76. The molecule has 2 aliphatic carbocycles. The molecule has 0 aromatic carbocycles. The van der Waals surface area contributed by atoms with Crippen molar-refractivity contribution in [2.75, 3.05) is 7.05 Å². The van der Waals surface area contributed by atoms with Crippen LogP contribution in [0.25, 0.3) is 0 Å². The van der Waals surface area contributed by atoms with Crippen molar-refractivity contribution in [3.63, 3.8) is 0 Å². The third kappa shape index (κ3) is 3.98. The molecule has 4 unspecified atom stereocenters. The molecule has 106 valence electrons. The quantitative estimate of drug-likeness (QED) is 0.583. The van der Waals surface area contributed by atoms with Gasteiger partial charge in [-0.15, -0.1) is 0 Å². The van der Waals surface area contributed by atoms with E-state index in [4.69, 9.17) is 0 Å². The minimum absolute atomic E-state index is 0.802. The van der Waals surface area contributed by atoms with Crippen LogP contribution in [0.15, 0.2) is 0 Å². The lowest BCUT2D eigenvalue weighted by molar-refractivity contribution is 0.274. The summed E-state index contributed by atoms with van der Waals surface area (Å²) < 4.78 is 0. The summed E-state index contributed by atoms with van der Waals surface area (Å²) >= 11 is 0. The maximum Gasteiger partial charge on any atom is 0.00668 e. The number of nitrogens with one attached hydrogen (secondary N) is 1. The van der Waals surface area contributed by atoms with Gasteiger partial charge >= 0.3 is 0 Å². The van der Waals surface area contributed by atoms with Gasteiger partial charge in [-0.3, -0.25) is 0 Å². The fourth-order valence-electron chi connectivity index (χ4n) is 4.40. The topological polar surface area (TPSA) is 12.0 Å². The highest BCUT2D eigenvalue weighted by atomic mass is 14.9. The van der Waals surface area contributed by atoms with Crippen LogP contribution in [0.1, 0.15) is 77.6 Å². The number of rotatable bonds is 9. The second kappa shape index (κ2) is 7.53. The van der Waals surface area contributed by atoms with Gasteiger partial charge in [-0.1, -0.05) is 45.4 Å². The lowest BCUT2D eigenvalue weighted by atomic mass is 9.83. The Morgan fingerprint density at radius 3 is 2.50 bits per heavy atom. The number of unbranched alkanes of at least 4 members (excludes halogenated alkanes) is 4. The third-order valence-corrected chi connectivity index (χ3v) is 5.54. The highest BCUT2D eigenvalue weighted by molar-refractivity contribution is 4.91. The van der Waals surface area contributed by atoms with Gasteiger partial charge in [0.2, 0.25) is 0 Å². The summed E-state index contributed by atoms with van der Waals surface area (Å²) in [6.07, 6.45) is 16.2. The molecule has 0 aromatic heterocycles. The summed E-state index contributed by atoms with van der Waals surface area (Å²) in [5.74, 6) is 3.28. The van der Waals surface area contributed by atoms with Crippen LogP contribution in [0.4, 0.5) is 0 Å². The van der Waals surface area contributed by atoms with Crippen molar-refractivity contribution in [2.24, 2.45) is 17.8 Å². The Morgan fingerprint density at radius 1 is 1.06 bits per heavy atom. The molecule has 18 heavy (non-hydrogen) atoms. The molecule has 1 nitrogen and oxygen atoms in total.